The van der Waals surface area contributed by atoms with Gasteiger partial charge in [0.25, 0.3) is 0 Å². The molecule has 1 heterocycles. The second-order valence-electron chi connectivity index (χ2n) is 3.76. The number of carbonyl (C=O) groups excluding carboxylic acids is 2. The first-order chi connectivity index (χ1) is 7.19. The number of hydrogen-bond acceptors (Lipinski definition) is 4. The van der Waals surface area contributed by atoms with Gasteiger partial charge in [0.15, 0.2) is 0 Å². The van der Waals surface area contributed by atoms with E-state index >= 15 is 0 Å². The molecular weight excluding hydrogens is 198 g/mol. The minimum atomic E-state index is -0.806. The van der Waals surface area contributed by atoms with E-state index in [0.717, 1.165) is 12.8 Å². The highest BCUT2D eigenvalue weighted by molar-refractivity contribution is 6.32. The van der Waals surface area contributed by atoms with Gasteiger partial charge in [0.2, 0.25) is 0 Å². The fourth-order valence-corrected chi connectivity index (χ4v) is 1.88. The Kier molecular flexibility index (Phi) is 4.55. The van der Waals surface area contributed by atoms with E-state index in [2.05, 4.69) is 4.74 Å². The van der Waals surface area contributed by atoms with E-state index in [1.54, 1.807) is 0 Å². The van der Waals surface area contributed by atoms with Crippen molar-refractivity contribution in [1.82, 2.24) is 4.90 Å². The number of carbonyl (C=O) groups is 2. The van der Waals surface area contributed by atoms with Crippen LogP contribution in [-0.2, 0) is 14.3 Å². The fourth-order valence-electron chi connectivity index (χ4n) is 1.88. The van der Waals surface area contributed by atoms with Crippen LogP contribution in [0.3, 0.4) is 0 Å². The first-order valence-electron chi connectivity index (χ1n) is 5.17. The van der Waals surface area contributed by atoms with Crippen LogP contribution in [0.1, 0.15) is 19.3 Å². The Morgan fingerprint density at radius 2 is 2.27 bits per heavy atom. The van der Waals surface area contributed by atoms with Crippen LogP contribution in [0, 0.1) is 5.92 Å². The summed E-state index contributed by atoms with van der Waals surface area (Å²) in [7, 11) is 1.20. The van der Waals surface area contributed by atoms with Crippen molar-refractivity contribution >= 4 is 11.9 Å². The Labute approximate surface area is 89.0 Å². The van der Waals surface area contributed by atoms with Crippen molar-refractivity contribution in [3.8, 4) is 0 Å². The van der Waals surface area contributed by atoms with Crippen molar-refractivity contribution in [2.45, 2.75) is 19.3 Å². The Morgan fingerprint density at radius 3 is 2.87 bits per heavy atom. The molecule has 15 heavy (non-hydrogen) atoms. The molecule has 1 atom stereocenters. The van der Waals surface area contributed by atoms with E-state index in [9.17, 15) is 9.59 Å². The number of amides is 1. The molecule has 1 unspecified atom stereocenters. The summed E-state index contributed by atoms with van der Waals surface area (Å²) >= 11 is 0. The van der Waals surface area contributed by atoms with Crippen molar-refractivity contribution in [1.29, 1.82) is 0 Å². The smallest absolute Gasteiger partial charge is 0.396 e. The normalized spacial score (nSPS) is 21.2. The predicted molar refractivity (Wildman–Crippen MR) is 53.0 cm³/mol. The molecule has 0 aromatic carbocycles. The summed E-state index contributed by atoms with van der Waals surface area (Å²) in [6.45, 7) is 1.29. The molecule has 1 rings (SSSR count). The molecule has 5 heteroatoms. The van der Waals surface area contributed by atoms with Gasteiger partial charge in [-0.15, -0.1) is 0 Å². The van der Waals surface area contributed by atoms with Gasteiger partial charge in [-0.3, -0.25) is 4.79 Å². The number of piperidine rings is 1. The minimum absolute atomic E-state index is 0.130. The number of hydrogen-bond donors (Lipinski definition) is 1. The number of rotatable bonds is 2. The van der Waals surface area contributed by atoms with Crippen molar-refractivity contribution in [3.63, 3.8) is 0 Å². The van der Waals surface area contributed by atoms with Gasteiger partial charge in [-0.25, -0.2) is 4.79 Å². The van der Waals surface area contributed by atoms with E-state index in [1.165, 1.54) is 12.0 Å². The van der Waals surface area contributed by atoms with Gasteiger partial charge < -0.3 is 14.7 Å². The molecule has 1 amide bonds. The van der Waals surface area contributed by atoms with E-state index < -0.39 is 11.9 Å². The van der Waals surface area contributed by atoms with Crippen LogP contribution < -0.4 is 0 Å². The molecule has 0 aromatic heterocycles. The number of aliphatic hydroxyl groups excluding tert-OH is 1. The molecule has 1 aliphatic heterocycles. The molecule has 86 valence electrons. The van der Waals surface area contributed by atoms with Gasteiger partial charge in [0, 0.05) is 19.7 Å². The standard InChI is InChI=1S/C10H17NO4/c1-15-10(14)9(13)11-5-2-3-8(7-11)4-6-12/h8,12H,2-7H2,1H3. The zero-order valence-electron chi connectivity index (χ0n) is 8.94. The Bertz CT molecular complexity index is 240. The highest BCUT2D eigenvalue weighted by Gasteiger charge is 2.27. The molecule has 0 spiro atoms. The Hall–Kier alpha value is -1.10. The summed E-state index contributed by atoms with van der Waals surface area (Å²) in [6, 6.07) is 0. The van der Waals surface area contributed by atoms with Crippen LogP contribution in [0.4, 0.5) is 0 Å². The maximum atomic E-state index is 11.5. The van der Waals surface area contributed by atoms with Crippen LogP contribution in [0.25, 0.3) is 0 Å². The van der Waals surface area contributed by atoms with E-state index in [4.69, 9.17) is 5.11 Å². The van der Waals surface area contributed by atoms with E-state index in [1.807, 2.05) is 0 Å². The summed E-state index contributed by atoms with van der Waals surface area (Å²) in [5.74, 6) is -1.07. The molecular formula is C10H17NO4. The first-order valence-corrected chi connectivity index (χ1v) is 5.17. The maximum Gasteiger partial charge on any atom is 0.396 e. The third kappa shape index (κ3) is 3.20. The average Bonchev–Trinajstić information content (AvgIpc) is 2.28. The molecule has 0 aromatic rings. The Balaban J connectivity index is 2.48. The summed E-state index contributed by atoms with van der Waals surface area (Å²) in [4.78, 5) is 24.0. The van der Waals surface area contributed by atoms with Gasteiger partial charge in [-0.2, -0.15) is 0 Å². The maximum absolute atomic E-state index is 11.5. The van der Waals surface area contributed by atoms with Crippen molar-refractivity contribution in [2.75, 3.05) is 26.8 Å². The van der Waals surface area contributed by atoms with Crippen LogP contribution in [0.2, 0.25) is 0 Å². The monoisotopic (exact) mass is 215 g/mol. The lowest BCUT2D eigenvalue weighted by molar-refractivity contribution is -0.159. The average molecular weight is 215 g/mol. The minimum Gasteiger partial charge on any atom is -0.462 e. The number of likely N-dealkylation sites (tertiary alicyclic amines) is 1. The molecule has 1 saturated heterocycles. The third-order valence-corrected chi connectivity index (χ3v) is 2.70. The number of nitrogens with zero attached hydrogens (tertiary/aromatic N) is 1. The summed E-state index contributed by atoms with van der Waals surface area (Å²) in [5, 5.41) is 8.80. The molecule has 1 N–H and O–H groups in total. The highest BCUT2D eigenvalue weighted by atomic mass is 16.5. The van der Waals surface area contributed by atoms with Gasteiger partial charge in [0.05, 0.1) is 7.11 Å². The number of esters is 1. The quantitative estimate of drug-likeness (QED) is 0.511. The van der Waals surface area contributed by atoms with Gasteiger partial charge in [-0.05, 0) is 25.2 Å². The lowest BCUT2D eigenvalue weighted by atomic mass is 9.95. The lowest BCUT2D eigenvalue weighted by Crippen LogP contribution is -2.43. The molecule has 0 saturated carbocycles. The first kappa shape index (κ1) is 12.0. The largest absolute Gasteiger partial charge is 0.462 e. The SMILES string of the molecule is COC(=O)C(=O)N1CCCC(CCO)C1. The van der Waals surface area contributed by atoms with Crippen LogP contribution in [0.5, 0.6) is 0 Å². The zero-order valence-corrected chi connectivity index (χ0v) is 8.94. The summed E-state index contributed by atoms with van der Waals surface area (Å²) in [5.41, 5.74) is 0. The molecule has 1 aliphatic rings. The molecule has 1 fully saturated rings. The highest BCUT2D eigenvalue weighted by Crippen LogP contribution is 2.19. The summed E-state index contributed by atoms with van der Waals surface area (Å²) < 4.78 is 4.38. The van der Waals surface area contributed by atoms with E-state index in [0.29, 0.717) is 25.4 Å². The zero-order chi connectivity index (χ0) is 11.3. The fraction of sp³-hybridized carbons (Fsp3) is 0.800. The second kappa shape index (κ2) is 5.70. The van der Waals surface area contributed by atoms with Crippen LogP contribution in [-0.4, -0.2) is 48.7 Å². The number of methoxy groups -OCH3 is 1. The molecule has 5 nitrogen and oxygen atoms in total. The summed E-state index contributed by atoms with van der Waals surface area (Å²) in [6.07, 6.45) is 2.57. The van der Waals surface area contributed by atoms with Gasteiger partial charge in [-0.1, -0.05) is 0 Å². The van der Waals surface area contributed by atoms with Crippen molar-refractivity contribution < 1.29 is 19.4 Å². The molecule has 0 bridgehead atoms. The van der Waals surface area contributed by atoms with Gasteiger partial charge in [0.1, 0.15) is 0 Å². The topological polar surface area (TPSA) is 66.8 Å². The second-order valence-corrected chi connectivity index (χ2v) is 3.76. The lowest BCUT2D eigenvalue weighted by Gasteiger charge is -2.31. The van der Waals surface area contributed by atoms with Gasteiger partial charge >= 0.3 is 11.9 Å². The Morgan fingerprint density at radius 1 is 1.53 bits per heavy atom. The molecule has 0 aliphatic carbocycles. The number of aliphatic hydroxyl groups is 1. The van der Waals surface area contributed by atoms with Crippen molar-refractivity contribution in [2.24, 2.45) is 5.92 Å². The van der Waals surface area contributed by atoms with Crippen LogP contribution in [0.15, 0.2) is 0 Å². The van der Waals surface area contributed by atoms with E-state index in [-0.39, 0.29) is 6.61 Å². The van der Waals surface area contributed by atoms with Crippen molar-refractivity contribution in [3.05, 3.63) is 0 Å². The third-order valence-electron chi connectivity index (χ3n) is 2.70. The number of ether oxygens (including phenoxy) is 1. The molecule has 0 radical (unpaired) electrons. The van der Waals surface area contributed by atoms with Crippen LogP contribution >= 0.6 is 0 Å². The predicted octanol–water partition coefficient (Wildman–Crippen LogP) is -0.220.